The molecule has 0 fully saturated rings. The van der Waals surface area contributed by atoms with Crippen molar-refractivity contribution < 1.29 is 0 Å². The van der Waals surface area contributed by atoms with Gasteiger partial charge in [-0.05, 0) is 198 Å². The van der Waals surface area contributed by atoms with Gasteiger partial charge in [-0.25, -0.2) is 0 Å². The first-order valence-corrected chi connectivity index (χ1v) is 45.5. The minimum absolute atomic E-state index is 0.166. The van der Waals surface area contributed by atoms with Gasteiger partial charge in [0.05, 0.1) is 0 Å². The molecule has 0 heteroatoms. The summed E-state index contributed by atoms with van der Waals surface area (Å²) >= 11 is 0. The molecule has 11 rings (SSSR count). The maximum Gasteiger partial charge on any atom is -0.0126 e. The summed E-state index contributed by atoms with van der Waals surface area (Å²) in [5.41, 5.74) is 33.2. The smallest absolute Gasteiger partial charge is 0.0126 e. The van der Waals surface area contributed by atoms with Crippen molar-refractivity contribution in [1.82, 2.24) is 0 Å². The molecule has 0 aliphatic carbocycles. The van der Waals surface area contributed by atoms with E-state index >= 15 is 0 Å². The topological polar surface area (TPSA) is 0 Å². The molecule has 0 bridgehead atoms. The molecule has 0 spiro atoms. The quantitative estimate of drug-likeness (QED) is 0.165. The molecule has 122 heavy (non-hydrogen) atoms. The van der Waals surface area contributed by atoms with Crippen LogP contribution in [0.1, 0.15) is 369 Å². The monoisotopic (exact) mass is 1640 g/mol. The van der Waals surface area contributed by atoms with E-state index in [2.05, 4.69) is 558 Å². The summed E-state index contributed by atoms with van der Waals surface area (Å²) in [5.74, 6) is 0. The van der Waals surface area contributed by atoms with Crippen molar-refractivity contribution in [3.63, 3.8) is 0 Å². The van der Waals surface area contributed by atoms with E-state index in [-0.39, 0.29) is 75.8 Å². The van der Waals surface area contributed by atoms with Crippen LogP contribution in [0.25, 0.3) is 44.5 Å². The third-order valence-electron chi connectivity index (χ3n) is 23.0. The third kappa shape index (κ3) is 32.8. The first-order chi connectivity index (χ1) is 55.4. The van der Waals surface area contributed by atoms with Gasteiger partial charge in [-0.2, -0.15) is 0 Å². The van der Waals surface area contributed by atoms with Crippen LogP contribution in [0.15, 0.2) is 267 Å². The molecule has 0 heterocycles. The minimum Gasteiger partial charge on any atom is -0.0622 e. The van der Waals surface area contributed by atoms with Gasteiger partial charge in [0, 0.05) is 0 Å². The maximum atomic E-state index is 2.37. The number of rotatable bonds is 4. The second-order valence-corrected chi connectivity index (χ2v) is 48.8. The van der Waals surface area contributed by atoms with Gasteiger partial charge >= 0.3 is 0 Å². The lowest BCUT2D eigenvalue weighted by molar-refractivity contribution is 0.530. The zero-order chi connectivity index (χ0) is 92.8. The molecule has 0 atom stereocenters. The van der Waals surface area contributed by atoms with Crippen molar-refractivity contribution in [3.8, 4) is 44.5 Å². The summed E-state index contributed by atoms with van der Waals surface area (Å²) < 4.78 is 0. The summed E-state index contributed by atoms with van der Waals surface area (Å²) in [6, 6.07) is 97.9. The van der Waals surface area contributed by atoms with E-state index < -0.39 is 0 Å². The van der Waals surface area contributed by atoms with E-state index in [1.807, 2.05) is 0 Å². The third-order valence-corrected chi connectivity index (χ3v) is 23.0. The highest BCUT2D eigenvalue weighted by atomic mass is 14.3. The molecule has 0 radical (unpaired) electrons. The predicted molar refractivity (Wildman–Crippen MR) is 549 cm³/mol. The summed E-state index contributed by atoms with van der Waals surface area (Å²) in [4.78, 5) is 0. The fourth-order valence-electron chi connectivity index (χ4n) is 14.2. The Morgan fingerprint density at radius 1 is 0.107 bits per heavy atom. The lowest BCUT2D eigenvalue weighted by Crippen LogP contribution is -2.21. The Labute approximate surface area is 750 Å². The zero-order valence-corrected chi connectivity index (χ0v) is 85.4. The summed E-state index contributed by atoms with van der Waals surface area (Å²) in [6.45, 7) is 95.0. The van der Waals surface area contributed by atoms with Gasteiger partial charge in [0.2, 0.25) is 0 Å². The van der Waals surface area contributed by atoms with Gasteiger partial charge in [-0.15, -0.1) is 0 Å². The van der Waals surface area contributed by atoms with Gasteiger partial charge in [0.15, 0.2) is 0 Å². The van der Waals surface area contributed by atoms with Gasteiger partial charge in [0.25, 0.3) is 0 Å². The second-order valence-electron chi connectivity index (χ2n) is 48.8. The summed E-state index contributed by atoms with van der Waals surface area (Å²) in [5, 5.41) is 0. The molecule has 0 unspecified atom stereocenters. The van der Waals surface area contributed by atoms with Crippen LogP contribution in [0, 0.1) is 0 Å². The lowest BCUT2D eigenvalue weighted by atomic mass is 9.75. The van der Waals surface area contributed by atoms with Gasteiger partial charge in [-0.1, -0.05) is 558 Å². The Morgan fingerprint density at radius 3 is 0.566 bits per heavy atom. The largest absolute Gasteiger partial charge is 0.0622 e. The summed E-state index contributed by atoms with van der Waals surface area (Å²) in [7, 11) is 0. The average Bonchev–Trinajstić information content (AvgIpc) is 1.20. The molecule has 0 saturated heterocycles. The number of hydrogen-bond acceptors (Lipinski definition) is 0. The van der Waals surface area contributed by atoms with E-state index in [0.29, 0.717) is 0 Å². The molecule has 0 aliphatic heterocycles. The van der Waals surface area contributed by atoms with Gasteiger partial charge in [0.1, 0.15) is 0 Å². The Kier molecular flexibility index (Phi) is 34.6. The molecule has 0 N–H and O–H groups in total. The fraction of sp³-hybridized carbons (Fsp3) is 0.459. The van der Waals surface area contributed by atoms with Crippen molar-refractivity contribution in [2.24, 2.45) is 0 Å². The van der Waals surface area contributed by atoms with E-state index in [9.17, 15) is 0 Å². The maximum absolute atomic E-state index is 2.37. The minimum atomic E-state index is 0.166. The molecule has 658 valence electrons. The van der Waals surface area contributed by atoms with E-state index in [1.54, 1.807) is 0 Å². The summed E-state index contributed by atoms with van der Waals surface area (Å²) in [6.07, 6.45) is 0. The highest BCUT2D eigenvalue weighted by Gasteiger charge is 2.27. The zero-order valence-electron chi connectivity index (χ0n) is 85.4. The Morgan fingerprint density at radius 2 is 0.295 bits per heavy atom. The highest BCUT2D eigenvalue weighted by molar-refractivity contribution is 5.70. The van der Waals surface area contributed by atoms with Crippen molar-refractivity contribution in [3.05, 3.63) is 345 Å². The first-order valence-electron chi connectivity index (χ1n) is 45.5. The van der Waals surface area contributed by atoms with Crippen molar-refractivity contribution >= 4 is 0 Å². The lowest BCUT2D eigenvalue weighted by Gasteiger charge is -2.29. The molecule has 0 aliphatic rings. The van der Waals surface area contributed by atoms with Crippen LogP contribution < -0.4 is 0 Å². The molecule has 11 aromatic carbocycles. The van der Waals surface area contributed by atoms with Crippen LogP contribution in [0.2, 0.25) is 0 Å². The van der Waals surface area contributed by atoms with Gasteiger partial charge < -0.3 is 0 Å². The van der Waals surface area contributed by atoms with Crippen LogP contribution in [0.4, 0.5) is 0 Å². The van der Waals surface area contributed by atoms with E-state index in [0.717, 1.165) is 0 Å². The van der Waals surface area contributed by atoms with E-state index in [1.165, 1.54) is 122 Å². The van der Waals surface area contributed by atoms with E-state index in [4.69, 9.17) is 0 Å². The molecule has 11 aromatic rings. The second kappa shape index (κ2) is 40.6. The fourth-order valence-corrected chi connectivity index (χ4v) is 14.2. The Balaban J connectivity index is 0.000000255. The van der Waals surface area contributed by atoms with Gasteiger partial charge in [-0.3, -0.25) is 0 Å². The molecule has 0 saturated carbocycles. The Bertz CT molecular complexity index is 4800. The Hall–Kier alpha value is -8.58. The molecule has 0 aromatic heterocycles. The average molecular weight is 1640 g/mol. The number of hydrogen-bond donors (Lipinski definition) is 0. The highest BCUT2D eigenvalue weighted by Crippen LogP contribution is 2.40. The van der Waals surface area contributed by atoms with Crippen molar-refractivity contribution in [1.29, 1.82) is 0 Å². The van der Waals surface area contributed by atoms with Crippen LogP contribution in [0.3, 0.4) is 0 Å². The standard InChI is InChI=1S/4C20H26.3C14H22/c1-19(2,3)17-11-7-15(8-12-17)16-9-13-18(14-10-16)20(4,5)6;1-19(2,3)17-12-10-15(11-13-17)16-8-7-9-18(14-16)20(4,5)6;1-19(2,3)16-13-11-15(12-14-16)17-9-7-8-10-18(17)20(4,5)6;1-19(2,3)17-12-16(15-10-8-7-9-11-15)13-18(14-17)20(4,5)6;1-13(2,3)11-7-9-12(10-8-11)14(4,5)6;1-13(2,3)11-8-7-9-12(10-11)14(4,5)6;1-13(2,3)11-9-7-8-10-12(11)14(4,5)6/h4*7-14H,1-6H3;3*7-10H,1-6H3. The van der Waals surface area contributed by atoms with Crippen molar-refractivity contribution in [2.75, 3.05) is 0 Å². The van der Waals surface area contributed by atoms with Crippen LogP contribution in [0.5, 0.6) is 0 Å². The molecular weight excluding hydrogens is 1470 g/mol. The van der Waals surface area contributed by atoms with Crippen LogP contribution in [-0.2, 0) is 75.8 Å². The molecular formula is C122H170. The SMILES string of the molecule is CC(C)(C)c1cc(-c2ccccc2)cc(C(C)(C)C)c1.CC(C)(C)c1ccc(-c2ccc(C(C)(C)C)cc2)cc1.CC(C)(C)c1ccc(-c2cccc(C(C)(C)C)c2)cc1.CC(C)(C)c1ccc(-c2ccccc2C(C)(C)C)cc1.CC(C)(C)c1ccc(C(C)(C)C)cc1.CC(C)(C)c1cccc(C(C)(C)C)c1.CC(C)(C)c1ccccc1C(C)(C)C. The van der Waals surface area contributed by atoms with Crippen LogP contribution >= 0.6 is 0 Å². The van der Waals surface area contributed by atoms with Crippen LogP contribution in [-0.4, -0.2) is 0 Å². The first kappa shape index (κ1) is 104. The predicted octanol–water partition coefficient (Wildman–Crippen LogP) is 36.6. The normalized spacial score (nSPS) is 12.7. The van der Waals surface area contributed by atoms with Crippen molar-refractivity contribution in [2.45, 2.75) is 367 Å². The molecule has 0 amide bonds. The number of benzene rings is 11. The molecule has 0 nitrogen and oxygen atoms in total.